The van der Waals surface area contributed by atoms with Gasteiger partial charge in [-0.2, -0.15) is 0 Å². The molecule has 21 heavy (non-hydrogen) atoms. The molecule has 2 rings (SSSR count). The summed E-state index contributed by atoms with van der Waals surface area (Å²) in [7, 11) is 3.03. The lowest BCUT2D eigenvalue weighted by Gasteiger charge is -2.22. The fourth-order valence-corrected chi connectivity index (χ4v) is 2.86. The number of thiazole rings is 1. The molecule has 0 radical (unpaired) electrons. The van der Waals surface area contributed by atoms with Gasteiger partial charge in [0.15, 0.2) is 5.52 Å². The number of hydrogen-bond acceptors (Lipinski definition) is 7. The van der Waals surface area contributed by atoms with Crippen LogP contribution in [-0.2, 0) is 9.53 Å². The van der Waals surface area contributed by atoms with Gasteiger partial charge in [0, 0.05) is 13.6 Å². The first-order valence-corrected chi connectivity index (χ1v) is 7.13. The Labute approximate surface area is 125 Å². The maximum absolute atomic E-state index is 11.5. The summed E-state index contributed by atoms with van der Waals surface area (Å²) < 4.78 is 5.44. The number of benzene rings is 1. The predicted molar refractivity (Wildman–Crippen MR) is 80.7 cm³/mol. The van der Waals surface area contributed by atoms with Crippen LogP contribution in [0.1, 0.15) is 6.92 Å². The first-order chi connectivity index (χ1) is 9.95. The molecule has 7 nitrogen and oxygen atoms in total. The van der Waals surface area contributed by atoms with Crippen LogP contribution in [0.15, 0.2) is 17.6 Å². The summed E-state index contributed by atoms with van der Waals surface area (Å²) in [5, 5.41) is 11.4. The van der Waals surface area contributed by atoms with E-state index in [-0.39, 0.29) is 17.6 Å². The lowest BCUT2D eigenvalue weighted by atomic mass is 10.1. The van der Waals surface area contributed by atoms with E-state index in [9.17, 15) is 14.9 Å². The Balaban J connectivity index is 2.38. The van der Waals surface area contributed by atoms with Crippen molar-refractivity contribution in [1.82, 2.24) is 4.98 Å². The van der Waals surface area contributed by atoms with Crippen molar-refractivity contribution in [2.24, 2.45) is 5.92 Å². The van der Waals surface area contributed by atoms with Crippen LogP contribution < -0.4 is 4.90 Å². The Morgan fingerprint density at radius 1 is 1.57 bits per heavy atom. The molecule has 0 N–H and O–H groups in total. The predicted octanol–water partition coefficient (Wildman–Crippen LogP) is 2.45. The largest absolute Gasteiger partial charge is 0.469 e. The number of rotatable bonds is 5. The average molecular weight is 309 g/mol. The van der Waals surface area contributed by atoms with Gasteiger partial charge in [-0.3, -0.25) is 14.9 Å². The highest BCUT2D eigenvalue weighted by atomic mass is 32.1. The summed E-state index contributed by atoms with van der Waals surface area (Å²) in [6, 6.07) is 3.48. The third kappa shape index (κ3) is 2.94. The number of nitro groups is 1. The summed E-state index contributed by atoms with van der Waals surface area (Å²) in [5.41, 5.74) is 2.36. The summed E-state index contributed by atoms with van der Waals surface area (Å²) in [6.45, 7) is 2.04. The smallest absolute Gasteiger partial charge is 0.319 e. The van der Waals surface area contributed by atoms with Crippen molar-refractivity contribution in [2.45, 2.75) is 6.92 Å². The van der Waals surface area contributed by atoms with E-state index in [0.717, 1.165) is 4.70 Å². The molecular weight excluding hydrogens is 294 g/mol. The second-order valence-corrected chi connectivity index (χ2v) is 5.58. The second kappa shape index (κ2) is 6.04. The van der Waals surface area contributed by atoms with Crippen molar-refractivity contribution in [3.05, 3.63) is 27.8 Å². The van der Waals surface area contributed by atoms with E-state index in [4.69, 9.17) is 0 Å². The number of esters is 1. The molecular formula is C13H15N3O4S. The number of nitro benzene ring substituents is 1. The lowest BCUT2D eigenvalue weighted by molar-refractivity contribution is -0.382. The van der Waals surface area contributed by atoms with Gasteiger partial charge in [0.2, 0.25) is 0 Å². The van der Waals surface area contributed by atoms with Crippen molar-refractivity contribution in [3.63, 3.8) is 0 Å². The minimum absolute atomic E-state index is 0.0340. The van der Waals surface area contributed by atoms with Gasteiger partial charge in [-0.15, -0.1) is 11.3 Å². The van der Waals surface area contributed by atoms with E-state index in [2.05, 4.69) is 9.72 Å². The summed E-state index contributed by atoms with van der Waals surface area (Å²) >= 11 is 1.35. The quantitative estimate of drug-likeness (QED) is 0.479. The number of anilines is 1. The first kappa shape index (κ1) is 15.2. The van der Waals surface area contributed by atoms with Gasteiger partial charge in [0.25, 0.3) is 0 Å². The van der Waals surface area contributed by atoms with Gasteiger partial charge >= 0.3 is 11.7 Å². The zero-order valence-corrected chi connectivity index (χ0v) is 12.7. The average Bonchev–Trinajstić information content (AvgIpc) is 2.92. The highest BCUT2D eigenvalue weighted by Crippen LogP contribution is 2.36. The van der Waals surface area contributed by atoms with E-state index in [1.165, 1.54) is 18.4 Å². The molecule has 0 aliphatic rings. The van der Waals surface area contributed by atoms with Crippen molar-refractivity contribution >= 4 is 38.9 Å². The Hall–Kier alpha value is -2.22. The standard InChI is InChI=1S/C13H15N3O4S/c1-8(13(17)20-3)6-15(2)9-4-5-10-11(14-7-21-10)12(9)16(18)19/h4-5,7-8H,6H2,1-3H3. The van der Waals surface area contributed by atoms with Crippen LogP contribution in [0.4, 0.5) is 11.4 Å². The zero-order valence-electron chi connectivity index (χ0n) is 11.9. The van der Waals surface area contributed by atoms with Gasteiger partial charge in [0.05, 0.1) is 28.2 Å². The molecule has 0 aliphatic carbocycles. The van der Waals surface area contributed by atoms with Crippen molar-refractivity contribution in [1.29, 1.82) is 0 Å². The van der Waals surface area contributed by atoms with E-state index in [1.54, 1.807) is 36.5 Å². The third-order valence-corrected chi connectivity index (χ3v) is 3.99. The van der Waals surface area contributed by atoms with Gasteiger partial charge in [-0.05, 0) is 12.1 Å². The minimum atomic E-state index is -0.434. The van der Waals surface area contributed by atoms with Crippen LogP contribution in [0.5, 0.6) is 0 Å². The number of methoxy groups -OCH3 is 1. The Morgan fingerprint density at radius 2 is 2.29 bits per heavy atom. The van der Waals surface area contributed by atoms with E-state index in [0.29, 0.717) is 17.7 Å². The van der Waals surface area contributed by atoms with Crippen LogP contribution >= 0.6 is 11.3 Å². The SMILES string of the molecule is COC(=O)C(C)CN(C)c1ccc2scnc2c1[N+](=O)[O-]. The molecule has 0 aliphatic heterocycles. The first-order valence-electron chi connectivity index (χ1n) is 6.25. The number of aromatic nitrogens is 1. The molecule has 1 heterocycles. The fourth-order valence-electron chi connectivity index (χ4n) is 2.18. The van der Waals surface area contributed by atoms with Crippen molar-refractivity contribution in [2.75, 3.05) is 25.6 Å². The number of carbonyl (C=O) groups excluding carboxylic acids is 1. The monoisotopic (exact) mass is 309 g/mol. The molecule has 1 aromatic heterocycles. The molecule has 1 atom stereocenters. The highest BCUT2D eigenvalue weighted by Gasteiger charge is 2.25. The van der Waals surface area contributed by atoms with Crippen LogP contribution in [0.3, 0.4) is 0 Å². The van der Waals surface area contributed by atoms with Crippen LogP contribution in [0.25, 0.3) is 10.2 Å². The second-order valence-electron chi connectivity index (χ2n) is 4.69. The number of carbonyl (C=O) groups is 1. The highest BCUT2D eigenvalue weighted by molar-refractivity contribution is 7.16. The lowest BCUT2D eigenvalue weighted by Crippen LogP contribution is -2.29. The molecule has 0 saturated heterocycles. The molecule has 8 heteroatoms. The van der Waals surface area contributed by atoms with E-state index >= 15 is 0 Å². The molecule has 0 bridgehead atoms. The van der Waals surface area contributed by atoms with Gasteiger partial charge in [-0.1, -0.05) is 6.92 Å². The summed E-state index contributed by atoms with van der Waals surface area (Å²) in [4.78, 5) is 28.2. The van der Waals surface area contributed by atoms with Crippen LogP contribution in [0.2, 0.25) is 0 Å². The van der Waals surface area contributed by atoms with Gasteiger partial charge in [-0.25, -0.2) is 4.98 Å². The number of nitrogens with zero attached hydrogens (tertiary/aromatic N) is 3. The summed E-state index contributed by atoms with van der Waals surface area (Å²) in [6.07, 6.45) is 0. The van der Waals surface area contributed by atoms with Crippen molar-refractivity contribution < 1.29 is 14.5 Å². The molecule has 1 aromatic carbocycles. The molecule has 0 amide bonds. The van der Waals surface area contributed by atoms with Gasteiger partial charge in [0.1, 0.15) is 5.69 Å². The number of ether oxygens (including phenoxy) is 1. The zero-order chi connectivity index (χ0) is 15.6. The molecule has 1 unspecified atom stereocenters. The maximum atomic E-state index is 11.5. The summed E-state index contributed by atoms with van der Waals surface area (Å²) in [5.74, 6) is -0.732. The normalized spacial score (nSPS) is 12.1. The maximum Gasteiger partial charge on any atom is 0.319 e. The van der Waals surface area contributed by atoms with Gasteiger partial charge < -0.3 is 9.64 Å². The number of hydrogen-bond donors (Lipinski definition) is 0. The minimum Gasteiger partial charge on any atom is -0.469 e. The molecule has 0 fully saturated rings. The van der Waals surface area contributed by atoms with Crippen LogP contribution in [0, 0.1) is 16.0 Å². The molecule has 0 saturated carbocycles. The fraction of sp³-hybridized carbons (Fsp3) is 0.385. The van der Waals surface area contributed by atoms with E-state index in [1.807, 2.05) is 0 Å². The Kier molecular flexibility index (Phi) is 4.37. The Bertz CT molecular complexity index is 685. The van der Waals surface area contributed by atoms with Crippen molar-refractivity contribution in [3.8, 4) is 0 Å². The van der Waals surface area contributed by atoms with E-state index < -0.39 is 4.92 Å². The third-order valence-electron chi connectivity index (χ3n) is 3.20. The molecule has 0 spiro atoms. The topological polar surface area (TPSA) is 85.6 Å². The Morgan fingerprint density at radius 3 is 2.90 bits per heavy atom. The number of fused-ring (bicyclic) bond motifs is 1. The molecule has 2 aromatic rings. The van der Waals surface area contributed by atoms with Crippen LogP contribution in [-0.4, -0.2) is 36.6 Å². The molecule has 112 valence electrons.